The van der Waals surface area contributed by atoms with Gasteiger partial charge in [-0.05, 0) is 136 Å². The Hall–Kier alpha value is -2.35. The molecule has 4 rings (SSSR count). The lowest BCUT2D eigenvalue weighted by molar-refractivity contribution is -0.151. The van der Waals surface area contributed by atoms with Gasteiger partial charge in [0.05, 0.1) is 0 Å². The monoisotopic (exact) mass is 697 g/mol. The molecule has 0 heterocycles. The summed E-state index contributed by atoms with van der Waals surface area (Å²) in [7, 11) is 0. The van der Waals surface area contributed by atoms with Gasteiger partial charge in [-0.1, -0.05) is 145 Å². The largest absolute Gasteiger partial charge is 0.462 e. The zero-order chi connectivity index (χ0) is 36.5. The van der Waals surface area contributed by atoms with Crippen LogP contribution in [0.3, 0.4) is 0 Å². The highest BCUT2D eigenvalue weighted by molar-refractivity contribution is 5.69. The molecular formula is C49H76O2. The molecule has 51 heavy (non-hydrogen) atoms. The number of hydrogen-bond acceptors (Lipinski definition) is 2. The van der Waals surface area contributed by atoms with Crippen LogP contribution in [0.1, 0.15) is 164 Å². The van der Waals surface area contributed by atoms with Crippen LogP contribution in [-0.2, 0) is 9.53 Å². The average molecular weight is 697 g/mol. The minimum absolute atomic E-state index is 0.0228. The quantitative estimate of drug-likeness (QED) is 0.0935. The summed E-state index contributed by atoms with van der Waals surface area (Å²) < 4.78 is 6.09. The second-order valence-electron chi connectivity index (χ2n) is 17.6. The fourth-order valence-electron chi connectivity index (χ4n) is 10.8. The lowest BCUT2D eigenvalue weighted by Gasteiger charge is -2.58. The van der Waals surface area contributed by atoms with Crippen molar-refractivity contribution in [2.45, 2.75) is 170 Å². The van der Waals surface area contributed by atoms with Gasteiger partial charge in [0, 0.05) is 12.8 Å². The fraction of sp³-hybridized carbons (Fsp3) is 0.694. The molecule has 2 heteroatoms. The van der Waals surface area contributed by atoms with Crippen molar-refractivity contribution in [2.75, 3.05) is 0 Å². The third-order valence-electron chi connectivity index (χ3n) is 13.7. The van der Waals surface area contributed by atoms with E-state index in [1.54, 1.807) is 5.57 Å². The van der Waals surface area contributed by atoms with Crippen molar-refractivity contribution in [3.8, 4) is 0 Å². The van der Waals surface area contributed by atoms with E-state index >= 15 is 0 Å². The van der Waals surface area contributed by atoms with Crippen molar-refractivity contribution in [1.29, 1.82) is 0 Å². The Morgan fingerprint density at radius 3 is 1.98 bits per heavy atom. The van der Waals surface area contributed by atoms with E-state index in [4.69, 9.17) is 4.74 Å². The summed E-state index contributed by atoms with van der Waals surface area (Å²) in [4.78, 5) is 12.8. The standard InChI is InChI=1S/C49H76O2/c1-7-8-9-10-11-12-13-14-15-16-17-18-19-20-21-22-23-24-25-29-47(50)51-42-34-36-48(5)41(38-42)30-31-43-45-33-32-44(40(4)28-26-27-39(2)3)49(45,6)37-35-46(43)48/h8-9,11-12,14-15,17-18,20-21,23-24,30,39-40,42-46H,7,10,13,16,19,22,25-29,31-38H2,1-6H3/b9-8-,12-11-,15-14-,18-17-,21-20-,24-23-/t40-,42+,43?,44?,45?,46?,48+,49-/m1/s1. The summed E-state index contributed by atoms with van der Waals surface area (Å²) in [5.74, 6) is 5.15. The molecular weight excluding hydrogens is 621 g/mol. The highest BCUT2D eigenvalue weighted by atomic mass is 16.5. The van der Waals surface area contributed by atoms with E-state index in [-0.39, 0.29) is 12.1 Å². The second-order valence-corrected chi connectivity index (χ2v) is 17.6. The Balaban J connectivity index is 1.11. The normalized spacial score (nSPS) is 31.7. The molecule has 0 aromatic carbocycles. The third-order valence-corrected chi connectivity index (χ3v) is 13.7. The highest BCUT2D eigenvalue weighted by Crippen LogP contribution is 2.67. The summed E-state index contributed by atoms with van der Waals surface area (Å²) in [5.41, 5.74) is 2.46. The second kappa shape index (κ2) is 21.4. The van der Waals surface area contributed by atoms with E-state index in [0.29, 0.717) is 17.3 Å². The zero-order valence-corrected chi connectivity index (χ0v) is 33.8. The molecule has 3 saturated carbocycles. The molecule has 4 unspecified atom stereocenters. The SMILES string of the molecule is CC/C=C\C/C=C\C/C=C\C/C=C\C/C=C\C/C=C\CCC(=O)O[C@H]1CC[C@@]2(C)C(=CCC3C4CCC([C@H](C)CCCC(C)C)[C@@]4(C)CCC32)C1. The molecule has 4 aliphatic rings. The van der Waals surface area contributed by atoms with Gasteiger partial charge in [0.1, 0.15) is 6.10 Å². The number of carbonyl (C=O) groups is 1. The Morgan fingerprint density at radius 1 is 0.765 bits per heavy atom. The molecule has 0 bridgehead atoms. The van der Waals surface area contributed by atoms with E-state index in [0.717, 1.165) is 93.3 Å². The van der Waals surface area contributed by atoms with Crippen molar-refractivity contribution >= 4 is 5.97 Å². The highest BCUT2D eigenvalue weighted by Gasteiger charge is 2.59. The summed E-state index contributed by atoms with van der Waals surface area (Å²) in [5, 5.41) is 0. The van der Waals surface area contributed by atoms with Gasteiger partial charge in [0.15, 0.2) is 0 Å². The molecule has 3 fully saturated rings. The first-order valence-corrected chi connectivity index (χ1v) is 21.5. The van der Waals surface area contributed by atoms with E-state index in [1.807, 2.05) is 0 Å². The third kappa shape index (κ3) is 12.1. The predicted molar refractivity (Wildman–Crippen MR) is 220 cm³/mol. The molecule has 284 valence electrons. The molecule has 8 atom stereocenters. The van der Waals surface area contributed by atoms with Gasteiger partial charge in [-0.2, -0.15) is 0 Å². The van der Waals surface area contributed by atoms with Gasteiger partial charge in [-0.25, -0.2) is 0 Å². The zero-order valence-electron chi connectivity index (χ0n) is 33.8. The van der Waals surface area contributed by atoms with Crippen molar-refractivity contribution in [1.82, 2.24) is 0 Å². The Labute approximate surface area is 315 Å². The number of rotatable bonds is 20. The van der Waals surface area contributed by atoms with Crippen LogP contribution in [0.5, 0.6) is 0 Å². The van der Waals surface area contributed by atoms with Crippen LogP contribution in [0.25, 0.3) is 0 Å². The first-order chi connectivity index (χ1) is 24.7. The number of esters is 1. The predicted octanol–water partition coefficient (Wildman–Crippen LogP) is 14.4. The van der Waals surface area contributed by atoms with Crippen LogP contribution in [0.4, 0.5) is 0 Å². The van der Waals surface area contributed by atoms with E-state index in [1.165, 1.54) is 57.8 Å². The van der Waals surface area contributed by atoms with E-state index in [9.17, 15) is 4.79 Å². The molecule has 0 amide bonds. The van der Waals surface area contributed by atoms with E-state index in [2.05, 4.69) is 121 Å². The van der Waals surface area contributed by atoms with Crippen molar-refractivity contribution < 1.29 is 9.53 Å². The van der Waals surface area contributed by atoms with Gasteiger partial charge in [0.25, 0.3) is 0 Å². The molecule has 0 aromatic rings. The summed E-state index contributed by atoms with van der Waals surface area (Å²) in [6.07, 6.45) is 50.9. The lowest BCUT2D eigenvalue weighted by atomic mass is 9.47. The maximum atomic E-state index is 12.8. The first-order valence-electron chi connectivity index (χ1n) is 21.5. The van der Waals surface area contributed by atoms with Crippen LogP contribution in [0, 0.1) is 46.3 Å². The molecule has 0 spiro atoms. The molecule has 0 aliphatic heterocycles. The molecule has 0 aromatic heterocycles. The molecule has 0 saturated heterocycles. The van der Waals surface area contributed by atoms with Gasteiger partial charge in [0.2, 0.25) is 0 Å². The van der Waals surface area contributed by atoms with Crippen molar-refractivity contribution in [3.05, 3.63) is 84.6 Å². The van der Waals surface area contributed by atoms with Crippen LogP contribution in [0.15, 0.2) is 84.6 Å². The van der Waals surface area contributed by atoms with Crippen molar-refractivity contribution in [2.24, 2.45) is 46.3 Å². The minimum atomic E-state index is -0.0228. The van der Waals surface area contributed by atoms with Crippen LogP contribution >= 0.6 is 0 Å². The topological polar surface area (TPSA) is 26.3 Å². The van der Waals surface area contributed by atoms with Gasteiger partial charge < -0.3 is 4.74 Å². The smallest absolute Gasteiger partial charge is 0.306 e. The van der Waals surface area contributed by atoms with Crippen LogP contribution in [-0.4, -0.2) is 12.1 Å². The van der Waals surface area contributed by atoms with Crippen molar-refractivity contribution in [3.63, 3.8) is 0 Å². The number of hydrogen-bond donors (Lipinski definition) is 0. The number of fused-ring (bicyclic) bond motifs is 5. The Kier molecular flexibility index (Phi) is 17.4. The van der Waals surface area contributed by atoms with Gasteiger partial charge >= 0.3 is 5.97 Å². The molecule has 0 N–H and O–H groups in total. The first kappa shape index (κ1) is 41.4. The molecule has 4 aliphatic carbocycles. The number of carbonyl (C=O) groups excluding carboxylic acids is 1. The van der Waals surface area contributed by atoms with Crippen LogP contribution < -0.4 is 0 Å². The number of allylic oxidation sites excluding steroid dienone is 13. The average Bonchev–Trinajstić information content (AvgIpc) is 3.46. The summed E-state index contributed by atoms with van der Waals surface area (Å²) >= 11 is 0. The Morgan fingerprint density at radius 2 is 1.37 bits per heavy atom. The van der Waals surface area contributed by atoms with Gasteiger partial charge in [-0.15, -0.1) is 0 Å². The van der Waals surface area contributed by atoms with Gasteiger partial charge in [-0.3, -0.25) is 4.79 Å². The maximum absolute atomic E-state index is 12.8. The molecule has 0 radical (unpaired) electrons. The maximum Gasteiger partial charge on any atom is 0.306 e. The lowest BCUT2D eigenvalue weighted by Crippen LogP contribution is -2.51. The summed E-state index contributed by atoms with van der Waals surface area (Å²) in [6.45, 7) is 14.8. The Bertz CT molecular complexity index is 1260. The van der Waals surface area contributed by atoms with E-state index < -0.39 is 0 Å². The number of ether oxygens (including phenoxy) is 1. The molecule has 2 nitrogen and oxygen atoms in total. The fourth-order valence-corrected chi connectivity index (χ4v) is 10.8. The minimum Gasteiger partial charge on any atom is -0.462 e. The summed E-state index contributed by atoms with van der Waals surface area (Å²) in [6, 6.07) is 0. The van der Waals surface area contributed by atoms with Crippen LogP contribution in [0.2, 0.25) is 0 Å².